The highest BCUT2D eigenvalue weighted by atomic mass is 19.1. The molecular formula is C12H14FN. The molecule has 1 N–H and O–H groups in total. The number of piperidine rings is 1. The van der Waals surface area contributed by atoms with Crippen molar-refractivity contribution < 1.29 is 4.39 Å². The molecule has 14 heavy (non-hydrogen) atoms. The van der Waals surface area contributed by atoms with Crippen molar-refractivity contribution in [1.29, 1.82) is 0 Å². The van der Waals surface area contributed by atoms with Crippen molar-refractivity contribution in [3.05, 3.63) is 41.6 Å². The minimum absolute atomic E-state index is 0.0923. The van der Waals surface area contributed by atoms with Gasteiger partial charge in [0.15, 0.2) is 0 Å². The Balaban J connectivity index is 2.25. The number of benzene rings is 1. The zero-order valence-corrected chi connectivity index (χ0v) is 8.09. The lowest BCUT2D eigenvalue weighted by molar-refractivity contribution is 0.573. The van der Waals surface area contributed by atoms with E-state index in [0.717, 1.165) is 31.5 Å². The lowest BCUT2D eigenvalue weighted by Gasteiger charge is -2.17. The first kappa shape index (κ1) is 9.25. The Kier molecular flexibility index (Phi) is 2.82. The summed E-state index contributed by atoms with van der Waals surface area (Å²) < 4.78 is 13.8. The lowest BCUT2D eigenvalue weighted by Crippen LogP contribution is -2.20. The number of hydrogen-bond donors (Lipinski definition) is 1. The van der Waals surface area contributed by atoms with E-state index in [1.54, 1.807) is 12.1 Å². The van der Waals surface area contributed by atoms with Gasteiger partial charge in [-0.1, -0.05) is 30.3 Å². The minimum Gasteiger partial charge on any atom is -0.386 e. The van der Waals surface area contributed by atoms with Gasteiger partial charge >= 0.3 is 0 Å². The van der Waals surface area contributed by atoms with Gasteiger partial charge in [0.25, 0.3) is 0 Å². The van der Waals surface area contributed by atoms with Crippen LogP contribution in [0.1, 0.15) is 24.8 Å². The summed E-state index contributed by atoms with van der Waals surface area (Å²) in [6.07, 6.45) is 3.06. The van der Waals surface area contributed by atoms with Gasteiger partial charge in [0, 0.05) is 17.8 Å². The Bertz CT molecular complexity index is 321. The summed E-state index contributed by atoms with van der Waals surface area (Å²) in [5.41, 5.74) is 1.44. The lowest BCUT2D eigenvalue weighted by atomic mass is 10.1. The third-order valence-corrected chi connectivity index (χ3v) is 2.48. The van der Waals surface area contributed by atoms with Gasteiger partial charge in [-0.3, -0.25) is 0 Å². The van der Waals surface area contributed by atoms with Gasteiger partial charge in [-0.15, -0.1) is 0 Å². The van der Waals surface area contributed by atoms with Crippen LogP contribution in [-0.4, -0.2) is 6.54 Å². The molecule has 2 rings (SSSR count). The van der Waals surface area contributed by atoms with Crippen LogP contribution in [0.2, 0.25) is 0 Å². The standard InChI is InChI=1S/C12H14FN/c13-12(10-6-2-1-3-7-10)11-8-4-5-9-14-11/h1-3,6-7,14H,4-5,8-9H2. The largest absolute Gasteiger partial charge is 0.386 e. The molecule has 0 saturated carbocycles. The fraction of sp³-hybridized carbons (Fsp3) is 0.333. The topological polar surface area (TPSA) is 12.0 Å². The van der Waals surface area contributed by atoms with E-state index in [4.69, 9.17) is 0 Å². The summed E-state index contributed by atoms with van der Waals surface area (Å²) in [7, 11) is 0. The van der Waals surface area contributed by atoms with Gasteiger partial charge in [0.1, 0.15) is 5.83 Å². The van der Waals surface area contributed by atoms with Crippen LogP contribution in [0.4, 0.5) is 4.39 Å². The predicted molar refractivity (Wildman–Crippen MR) is 56.3 cm³/mol. The molecule has 1 aliphatic rings. The highest BCUT2D eigenvalue weighted by molar-refractivity contribution is 5.61. The van der Waals surface area contributed by atoms with Gasteiger partial charge in [0.05, 0.1) is 0 Å². The Labute approximate surface area is 83.6 Å². The summed E-state index contributed by atoms with van der Waals surface area (Å²) in [5.74, 6) is -0.0923. The second kappa shape index (κ2) is 4.27. The third kappa shape index (κ3) is 1.95. The maximum atomic E-state index is 13.8. The maximum absolute atomic E-state index is 13.8. The number of nitrogens with one attached hydrogen (secondary N) is 1. The normalized spacial score (nSPS) is 20.1. The molecule has 1 aromatic carbocycles. The minimum atomic E-state index is -0.0923. The first-order valence-corrected chi connectivity index (χ1v) is 5.06. The Morgan fingerprint density at radius 3 is 2.57 bits per heavy atom. The van der Waals surface area contributed by atoms with Crippen molar-refractivity contribution in [3.8, 4) is 0 Å². The summed E-state index contributed by atoms with van der Waals surface area (Å²) >= 11 is 0. The molecule has 0 atom stereocenters. The van der Waals surface area contributed by atoms with Gasteiger partial charge < -0.3 is 5.32 Å². The molecule has 0 amide bonds. The molecule has 0 spiro atoms. The summed E-state index contributed by atoms with van der Waals surface area (Å²) in [5, 5.41) is 3.12. The van der Waals surface area contributed by atoms with Gasteiger partial charge in [-0.05, 0) is 19.3 Å². The van der Waals surface area contributed by atoms with Crippen molar-refractivity contribution in [2.45, 2.75) is 19.3 Å². The molecule has 1 saturated heterocycles. The number of halogens is 1. The molecule has 1 aliphatic heterocycles. The molecule has 1 fully saturated rings. The fourth-order valence-corrected chi connectivity index (χ4v) is 1.70. The number of rotatable bonds is 1. The van der Waals surface area contributed by atoms with E-state index in [2.05, 4.69) is 5.32 Å². The first-order chi connectivity index (χ1) is 6.88. The van der Waals surface area contributed by atoms with Crippen molar-refractivity contribution in [3.63, 3.8) is 0 Å². The van der Waals surface area contributed by atoms with Gasteiger partial charge in [0.2, 0.25) is 0 Å². The van der Waals surface area contributed by atoms with Crippen molar-refractivity contribution in [1.82, 2.24) is 5.32 Å². The molecule has 0 aromatic heterocycles. The van der Waals surface area contributed by atoms with Crippen LogP contribution in [0.25, 0.3) is 5.83 Å². The maximum Gasteiger partial charge on any atom is 0.149 e. The zero-order valence-electron chi connectivity index (χ0n) is 8.09. The van der Waals surface area contributed by atoms with Crippen molar-refractivity contribution in [2.75, 3.05) is 6.54 Å². The molecule has 0 aliphatic carbocycles. The van der Waals surface area contributed by atoms with Crippen molar-refractivity contribution >= 4 is 5.83 Å². The Morgan fingerprint density at radius 2 is 1.93 bits per heavy atom. The summed E-state index contributed by atoms with van der Waals surface area (Å²) in [4.78, 5) is 0. The summed E-state index contributed by atoms with van der Waals surface area (Å²) in [6.45, 7) is 0.898. The highest BCUT2D eigenvalue weighted by Gasteiger charge is 2.11. The van der Waals surface area contributed by atoms with Crippen LogP contribution < -0.4 is 5.32 Å². The molecule has 2 heteroatoms. The quantitative estimate of drug-likeness (QED) is 0.719. The van der Waals surface area contributed by atoms with E-state index < -0.39 is 0 Å². The molecule has 1 heterocycles. The second-order valence-corrected chi connectivity index (χ2v) is 3.54. The summed E-state index contributed by atoms with van der Waals surface area (Å²) in [6, 6.07) is 9.23. The van der Waals surface area contributed by atoms with Gasteiger partial charge in [-0.2, -0.15) is 0 Å². The van der Waals surface area contributed by atoms with Crippen LogP contribution in [0, 0.1) is 0 Å². The Morgan fingerprint density at radius 1 is 1.14 bits per heavy atom. The molecule has 0 bridgehead atoms. The van der Waals surface area contributed by atoms with E-state index >= 15 is 0 Å². The van der Waals surface area contributed by atoms with E-state index in [9.17, 15) is 4.39 Å². The number of allylic oxidation sites excluding steroid dienone is 1. The Hall–Kier alpha value is -1.31. The second-order valence-electron chi connectivity index (χ2n) is 3.54. The first-order valence-electron chi connectivity index (χ1n) is 5.06. The third-order valence-electron chi connectivity index (χ3n) is 2.48. The molecule has 0 radical (unpaired) electrons. The molecule has 74 valence electrons. The van der Waals surface area contributed by atoms with Crippen LogP contribution in [0.5, 0.6) is 0 Å². The van der Waals surface area contributed by atoms with E-state index in [0.29, 0.717) is 5.56 Å². The highest BCUT2D eigenvalue weighted by Crippen LogP contribution is 2.23. The predicted octanol–water partition coefficient (Wildman–Crippen LogP) is 3.10. The molecule has 0 unspecified atom stereocenters. The zero-order chi connectivity index (χ0) is 9.80. The molecular weight excluding hydrogens is 177 g/mol. The van der Waals surface area contributed by atoms with E-state index in [1.807, 2.05) is 18.2 Å². The average molecular weight is 191 g/mol. The fourth-order valence-electron chi connectivity index (χ4n) is 1.70. The van der Waals surface area contributed by atoms with Crippen molar-refractivity contribution in [2.24, 2.45) is 0 Å². The van der Waals surface area contributed by atoms with Crippen LogP contribution in [0.3, 0.4) is 0 Å². The SMILES string of the molecule is FC(=C1CCCCN1)c1ccccc1. The van der Waals surface area contributed by atoms with Crippen LogP contribution in [-0.2, 0) is 0 Å². The van der Waals surface area contributed by atoms with Crippen LogP contribution in [0.15, 0.2) is 36.0 Å². The average Bonchev–Trinajstić information content (AvgIpc) is 2.30. The number of hydrogen-bond acceptors (Lipinski definition) is 1. The monoisotopic (exact) mass is 191 g/mol. The van der Waals surface area contributed by atoms with E-state index in [-0.39, 0.29) is 5.83 Å². The smallest absolute Gasteiger partial charge is 0.149 e. The molecule has 1 aromatic rings. The van der Waals surface area contributed by atoms with Gasteiger partial charge in [-0.25, -0.2) is 4.39 Å². The van der Waals surface area contributed by atoms with Crippen LogP contribution >= 0.6 is 0 Å². The molecule has 1 nitrogen and oxygen atoms in total. The van der Waals surface area contributed by atoms with E-state index in [1.165, 1.54) is 0 Å².